The van der Waals surface area contributed by atoms with Gasteiger partial charge in [0, 0.05) is 42.5 Å². The molecule has 0 bridgehead atoms. The Bertz CT molecular complexity index is 1950. The van der Waals surface area contributed by atoms with Crippen molar-refractivity contribution in [2.45, 2.75) is 45.7 Å². The van der Waals surface area contributed by atoms with Gasteiger partial charge in [0.05, 0.1) is 22.4 Å². The van der Waals surface area contributed by atoms with Crippen LogP contribution >= 0.6 is 0 Å². The van der Waals surface area contributed by atoms with E-state index in [0.29, 0.717) is 23.7 Å². The lowest BCUT2D eigenvalue weighted by atomic mass is 10.0. The number of hydrogen-bond donors (Lipinski definition) is 3. The minimum Gasteiger partial charge on any atom is -0.322 e. The van der Waals surface area contributed by atoms with Crippen LogP contribution < -0.4 is 16.6 Å². The first kappa shape index (κ1) is 30.0. The van der Waals surface area contributed by atoms with E-state index in [9.17, 15) is 14.4 Å². The number of H-pyrrole nitrogens is 2. The first-order chi connectivity index (χ1) is 21.8. The summed E-state index contributed by atoms with van der Waals surface area (Å²) >= 11 is 0. The highest BCUT2D eigenvalue weighted by Gasteiger charge is 2.24. The minimum atomic E-state index is -0.291. The first-order valence-electron chi connectivity index (χ1n) is 15.5. The van der Waals surface area contributed by atoms with Gasteiger partial charge in [-0.1, -0.05) is 75.0 Å². The van der Waals surface area contributed by atoms with Crippen molar-refractivity contribution in [3.63, 3.8) is 0 Å². The van der Waals surface area contributed by atoms with E-state index in [1.54, 1.807) is 6.07 Å². The van der Waals surface area contributed by atoms with Crippen LogP contribution in [0.25, 0.3) is 33.5 Å². The van der Waals surface area contributed by atoms with Gasteiger partial charge in [0.1, 0.15) is 5.69 Å². The van der Waals surface area contributed by atoms with Gasteiger partial charge in [-0.25, -0.2) is 9.78 Å². The number of piperidine rings is 1. The number of benzene rings is 3. The summed E-state index contributed by atoms with van der Waals surface area (Å²) in [5.41, 5.74) is 7.01. The number of hydrogen-bond acceptors (Lipinski definition) is 5. The molecule has 0 aliphatic carbocycles. The maximum absolute atomic E-state index is 13.0. The summed E-state index contributed by atoms with van der Waals surface area (Å²) in [5, 5.41) is 2.78. The molecule has 230 valence electrons. The summed E-state index contributed by atoms with van der Waals surface area (Å²) < 4.78 is 1.83. The Morgan fingerprint density at radius 3 is 2.42 bits per heavy atom. The Hall–Kier alpha value is -5.02. The molecule has 1 saturated heterocycles. The van der Waals surface area contributed by atoms with Crippen LogP contribution in [0.3, 0.4) is 0 Å². The Morgan fingerprint density at radius 2 is 1.73 bits per heavy atom. The second kappa shape index (κ2) is 12.9. The molecule has 0 saturated carbocycles. The Kier molecular flexibility index (Phi) is 8.62. The van der Waals surface area contributed by atoms with Crippen LogP contribution in [-0.4, -0.2) is 43.4 Å². The second-order valence-electron chi connectivity index (χ2n) is 12.1. The normalized spacial score (nSPS) is 14.2. The lowest BCUT2D eigenvalue weighted by molar-refractivity contribution is -0.111. The summed E-state index contributed by atoms with van der Waals surface area (Å²) in [5.74, 6) is 0.0338. The van der Waals surface area contributed by atoms with Gasteiger partial charge >= 0.3 is 5.69 Å². The fourth-order valence-corrected chi connectivity index (χ4v) is 6.15. The van der Waals surface area contributed by atoms with E-state index in [1.807, 2.05) is 47.0 Å². The number of rotatable bonds is 9. The quantitative estimate of drug-likeness (QED) is 0.182. The highest BCUT2D eigenvalue weighted by Crippen LogP contribution is 2.30. The molecule has 1 aliphatic rings. The van der Waals surface area contributed by atoms with Crippen molar-refractivity contribution in [2.24, 2.45) is 5.92 Å². The average molecular weight is 603 g/mol. The number of nitrogens with zero attached hydrogens (tertiary/aromatic N) is 3. The molecule has 9 nitrogen and oxygen atoms in total. The lowest BCUT2D eigenvalue weighted by Gasteiger charge is -2.32. The third kappa shape index (κ3) is 6.58. The summed E-state index contributed by atoms with van der Waals surface area (Å²) in [7, 11) is 0. The first-order valence-corrected chi connectivity index (χ1v) is 15.5. The van der Waals surface area contributed by atoms with Crippen molar-refractivity contribution in [3.8, 4) is 22.5 Å². The molecule has 1 fully saturated rings. The largest absolute Gasteiger partial charge is 0.326 e. The third-order valence-corrected chi connectivity index (χ3v) is 8.37. The highest BCUT2D eigenvalue weighted by atomic mass is 16.2. The van der Waals surface area contributed by atoms with E-state index >= 15 is 0 Å². The number of aromatic nitrogens is 4. The summed E-state index contributed by atoms with van der Waals surface area (Å²) in [6, 6.07) is 23.8. The minimum absolute atomic E-state index is 0.0645. The SMILES string of the molecule is C=CC(=O)Nc1ccc2[nH]c(=O)n(C3CCN(Cc4ccc(-c5[nH]c(=O)c(CC(C)C)nc5-c5ccccc5)cc4)CC3)c2c1. The highest BCUT2D eigenvalue weighted by molar-refractivity contribution is 6.00. The molecule has 0 spiro atoms. The molecule has 0 radical (unpaired) electrons. The number of amides is 1. The molecule has 1 aliphatic heterocycles. The number of carbonyl (C=O) groups is 1. The molecule has 0 atom stereocenters. The molecule has 6 rings (SSSR count). The lowest BCUT2D eigenvalue weighted by Crippen LogP contribution is -2.36. The number of fused-ring (bicyclic) bond motifs is 1. The van der Waals surface area contributed by atoms with Crippen LogP contribution in [0.4, 0.5) is 5.69 Å². The molecule has 2 aromatic heterocycles. The molecule has 3 heterocycles. The van der Waals surface area contributed by atoms with Gasteiger partial charge in [-0.2, -0.15) is 0 Å². The monoisotopic (exact) mass is 602 g/mol. The zero-order chi connectivity index (χ0) is 31.5. The molecule has 1 amide bonds. The number of anilines is 1. The van der Waals surface area contributed by atoms with Gasteiger partial charge in [-0.15, -0.1) is 0 Å². The summed E-state index contributed by atoms with van der Waals surface area (Å²) in [6.07, 6.45) is 3.52. The molecule has 45 heavy (non-hydrogen) atoms. The Labute approximate surface area is 261 Å². The van der Waals surface area contributed by atoms with Gasteiger partial charge in [-0.3, -0.25) is 19.1 Å². The fraction of sp³-hybridized carbons (Fsp3) is 0.278. The van der Waals surface area contributed by atoms with E-state index in [-0.39, 0.29) is 23.2 Å². The van der Waals surface area contributed by atoms with Crippen LogP contribution in [0.2, 0.25) is 0 Å². The number of likely N-dealkylation sites (tertiary alicyclic amines) is 1. The predicted molar refractivity (Wildman–Crippen MR) is 179 cm³/mol. The van der Waals surface area contributed by atoms with Crippen molar-refractivity contribution in [2.75, 3.05) is 18.4 Å². The molecule has 5 aromatic rings. The second-order valence-corrected chi connectivity index (χ2v) is 12.1. The third-order valence-electron chi connectivity index (χ3n) is 8.37. The van der Waals surface area contributed by atoms with Gasteiger partial charge < -0.3 is 15.3 Å². The van der Waals surface area contributed by atoms with Crippen molar-refractivity contribution in [3.05, 3.63) is 118 Å². The van der Waals surface area contributed by atoms with Gasteiger partial charge in [0.2, 0.25) is 5.91 Å². The number of nitrogens with one attached hydrogen (secondary N) is 3. The van der Waals surface area contributed by atoms with Crippen LogP contribution in [0, 0.1) is 5.92 Å². The molecule has 0 unspecified atom stereocenters. The van der Waals surface area contributed by atoms with Crippen LogP contribution in [0.5, 0.6) is 0 Å². The van der Waals surface area contributed by atoms with Crippen molar-refractivity contribution < 1.29 is 4.79 Å². The summed E-state index contributed by atoms with van der Waals surface area (Å²) in [4.78, 5) is 51.0. The summed E-state index contributed by atoms with van der Waals surface area (Å²) in [6.45, 7) is 10.2. The number of imidazole rings is 1. The van der Waals surface area contributed by atoms with Crippen molar-refractivity contribution >= 4 is 22.6 Å². The van der Waals surface area contributed by atoms with Gasteiger partial charge in [-0.05, 0) is 55.0 Å². The van der Waals surface area contributed by atoms with Gasteiger partial charge in [0.25, 0.3) is 5.56 Å². The molecular formula is C36H38N6O3. The topological polar surface area (TPSA) is 116 Å². The van der Waals surface area contributed by atoms with Crippen molar-refractivity contribution in [1.82, 2.24) is 24.4 Å². The van der Waals surface area contributed by atoms with Crippen LogP contribution in [0.1, 0.15) is 44.0 Å². The van der Waals surface area contributed by atoms with E-state index in [4.69, 9.17) is 4.98 Å². The fourth-order valence-electron chi connectivity index (χ4n) is 6.15. The van der Waals surface area contributed by atoms with Crippen LogP contribution in [0.15, 0.2) is 95.0 Å². The van der Waals surface area contributed by atoms with E-state index in [2.05, 4.69) is 64.9 Å². The number of aromatic amines is 2. The van der Waals surface area contributed by atoms with E-state index < -0.39 is 0 Å². The molecule has 3 N–H and O–H groups in total. The maximum Gasteiger partial charge on any atom is 0.326 e. The Morgan fingerprint density at radius 1 is 1.00 bits per heavy atom. The van der Waals surface area contributed by atoms with Gasteiger partial charge in [0.15, 0.2) is 0 Å². The standard InChI is InChI=1S/C36H38N6O3/c1-4-32(43)37-27-14-15-29-31(21-27)42(36(45)39-29)28-16-18-41(19-17-28)22-24-10-12-26(13-11-24)34-33(25-8-6-5-7-9-25)38-30(20-23(2)3)35(44)40-34/h4-15,21,23,28H,1,16-20,22H2,2-3H3,(H,37,43)(H,39,45)(H,40,44). The molecule has 3 aromatic carbocycles. The maximum atomic E-state index is 13.0. The molecule has 9 heteroatoms. The zero-order valence-corrected chi connectivity index (χ0v) is 25.7. The predicted octanol–water partition coefficient (Wildman–Crippen LogP) is 5.91. The van der Waals surface area contributed by atoms with Crippen LogP contribution in [-0.2, 0) is 17.8 Å². The van der Waals surface area contributed by atoms with Crippen molar-refractivity contribution in [1.29, 1.82) is 0 Å². The smallest absolute Gasteiger partial charge is 0.322 e. The molecular weight excluding hydrogens is 564 g/mol. The van der Waals surface area contributed by atoms with E-state index in [1.165, 1.54) is 11.6 Å². The zero-order valence-electron chi connectivity index (χ0n) is 25.7. The average Bonchev–Trinajstić information content (AvgIpc) is 3.37. The number of carbonyl (C=O) groups excluding carboxylic acids is 1. The van der Waals surface area contributed by atoms with E-state index in [0.717, 1.165) is 66.0 Å². The Balaban J connectivity index is 1.16.